The van der Waals surface area contributed by atoms with Crippen molar-refractivity contribution in [2.45, 2.75) is 52.0 Å². The number of hydrogen-bond acceptors (Lipinski definition) is 3. The number of amides is 1. The molecule has 2 rings (SSSR count). The lowest BCUT2D eigenvalue weighted by molar-refractivity contribution is 0.0919. The lowest BCUT2D eigenvalue weighted by atomic mass is 10.1. The average molecular weight is 375 g/mol. The second-order valence-corrected chi connectivity index (χ2v) is 9.26. The number of carbonyl (C=O) groups is 1. The predicted molar refractivity (Wildman–Crippen MR) is 105 cm³/mol. The van der Waals surface area contributed by atoms with Crippen LogP contribution in [0.3, 0.4) is 0 Å². The van der Waals surface area contributed by atoms with Gasteiger partial charge in [-0.2, -0.15) is 0 Å². The molecule has 0 aliphatic rings. The molecule has 2 aromatic carbocycles. The highest BCUT2D eigenvalue weighted by molar-refractivity contribution is 7.92. The van der Waals surface area contributed by atoms with E-state index in [1.807, 2.05) is 46.8 Å². The molecule has 0 heterocycles. The van der Waals surface area contributed by atoms with Crippen molar-refractivity contribution in [2.75, 3.05) is 4.72 Å². The van der Waals surface area contributed by atoms with E-state index in [1.54, 1.807) is 25.1 Å². The maximum Gasteiger partial charge on any atom is 0.262 e. The number of aryl methyl sites for hydroxylation is 3. The van der Waals surface area contributed by atoms with Crippen molar-refractivity contribution in [3.05, 3.63) is 58.7 Å². The van der Waals surface area contributed by atoms with Gasteiger partial charge in [-0.3, -0.25) is 9.52 Å². The predicted octanol–water partition coefficient (Wildman–Crippen LogP) is 3.94. The van der Waals surface area contributed by atoms with Gasteiger partial charge in [-0.1, -0.05) is 18.2 Å². The summed E-state index contributed by atoms with van der Waals surface area (Å²) < 4.78 is 28.4. The minimum absolute atomic E-state index is 0.0972. The van der Waals surface area contributed by atoms with Crippen molar-refractivity contribution in [3.8, 4) is 0 Å². The number of carbonyl (C=O) groups excluding carboxylic acids is 1. The van der Waals surface area contributed by atoms with E-state index in [9.17, 15) is 13.2 Å². The molecule has 1 amide bonds. The highest BCUT2D eigenvalue weighted by atomic mass is 32.2. The lowest BCUT2D eigenvalue weighted by Crippen LogP contribution is -2.40. The molecule has 0 saturated carbocycles. The molecule has 0 fully saturated rings. The molecule has 0 radical (unpaired) electrons. The maximum absolute atomic E-state index is 12.9. The molecular formula is C20H26N2O3S. The summed E-state index contributed by atoms with van der Waals surface area (Å²) in [6.45, 7) is 11.1. The molecule has 26 heavy (non-hydrogen) atoms. The zero-order valence-corrected chi connectivity index (χ0v) is 16.9. The second-order valence-electron chi connectivity index (χ2n) is 7.61. The Balaban J connectivity index is 2.41. The Hall–Kier alpha value is -2.34. The second kappa shape index (κ2) is 7.11. The molecule has 0 bridgehead atoms. The van der Waals surface area contributed by atoms with E-state index in [0.29, 0.717) is 16.8 Å². The van der Waals surface area contributed by atoms with Crippen LogP contribution in [0, 0.1) is 20.8 Å². The Bertz CT molecular complexity index is 942. The third-order valence-electron chi connectivity index (χ3n) is 3.87. The van der Waals surface area contributed by atoms with E-state index in [2.05, 4.69) is 10.0 Å². The van der Waals surface area contributed by atoms with E-state index in [4.69, 9.17) is 0 Å². The third kappa shape index (κ3) is 4.85. The van der Waals surface area contributed by atoms with Crippen molar-refractivity contribution in [2.24, 2.45) is 0 Å². The van der Waals surface area contributed by atoms with Crippen molar-refractivity contribution in [3.63, 3.8) is 0 Å². The van der Waals surface area contributed by atoms with Crippen LogP contribution >= 0.6 is 0 Å². The summed E-state index contributed by atoms with van der Waals surface area (Å²) in [7, 11) is -3.81. The SMILES string of the molecule is Cc1ccc(C)c(NS(=O)(=O)c2cc(C(=O)NC(C)(C)C)ccc2C)c1. The van der Waals surface area contributed by atoms with Gasteiger partial charge >= 0.3 is 0 Å². The van der Waals surface area contributed by atoms with Gasteiger partial charge in [0.1, 0.15) is 0 Å². The van der Waals surface area contributed by atoms with Crippen molar-refractivity contribution >= 4 is 21.6 Å². The molecule has 140 valence electrons. The monoisotopic (exact) mass is 374 g/mol. The zero-order chi connectivity index (χ0) is 19.7. The van der Waals surface area contributed by atoms with Crippen LogP contribution in [0.4, 0.5) is 5.69 Å². The molecule has 2 aromatic rings. The molecule has 2 N–H and O–H groups in total. The molecular weight excluding hydrogens is 348 g/mol. The normalized spacial score (nSPS) is 11.9. The van der Waals surface area contributed by atoms with Gasteiger partial charge in [0, 0.05) is 11.1 Å². The number of nitrogens with one attached hydrogen (secondary N) is 2. The third-order valence-corrected chi connectivity index (χ3v) is 5.37. The minimum atomic E-state index is -3.81. The Morgan fingerprint density at radius 3 is 2.15 bits per heavy atom. The van der Waals surface area contributed by atoms with Crippen LogP contribution in [-0.4, -0.2) is 19.9 Å². The van der Waals surface area contributed by atoms with E-state index in [0.717, 1.165) is 11.1 Å². The summed E-state index contributed by atoms with van der Waals surface area (Å²) in [5, 5.41) is 2.85. The molecule has 5 nitrogen and oxygen atoms in total. The molecule has 0 aromatic heterocycles. The van der Waals surface area contributed by atoms with E-state index < -0.39 is 15.6 Å². The summed E-state index contributed by atoms with van der Waals surface area (Å²) in [4.78, 5) is 12.5. The topological polar surface area (TPSA) is 75.3 Å². The molecule has 0 aliphatic heterocycles. The Labute approximate surface area is 155 Å². The van der Waals surface area contributed by atoms with Gasteiger partial charge in [0.2, 0.25) is 0 Å². The number of sulfonamides is 1. The van der Waals surface area contributed by atoms with Crippen LogP contribution < -0.4 is 10.0 Å². The standard InChI is InChI=1S/C20H26N2O3S/c1-13-7-8-14(2)17(11-13)22-26(24,25)18-12-16(10-9-15(18)3)19(23)21-20(4,5)6/h7-12,22H,1-6H3,(H,21,23). The van der Waals surface area contributed by atoms with Gasteiger partial charge in [0.15, 0.2) is 0 Å². The van der Waals surface area contributed by atoms with E-state index in [-0.39, 0.29) is 10.8 Å². The first-order valence-electron chi connectivity index (χ1n) is 8.42. The molecule has 0 unspecified atom stereocenters. The van der Waals surface area contributed by atoms with Crippen LogP contribution in [0.1, 0.15) is 47.8 Å². The first-order valence-corrected chi connectivity index (χ1v) is 9.90. The Kier molecular flexibility index (Phi) is 5.47. The maximum atomic E-state index is 12.9. The zero-order valence-electron chi connectivity index (χ0n) is 16.1. The van der Waals surface area contributed by atoms with Gasteiger partial charge in [-0.15, -0.1) is 0 Å². The molecule has 6 heteroatoms. The Morgan fingerprint density at radius 2 is 1.54 bits per heavy atom. The fourth-order valence-electron chi connectivity index (χ4n) is 2.49. The van der Waals surface area contributed by atoms with Crippen molar-refractivity contribution in [1.82, 2.24) is 5.32 Å². The summed E-state index contributed by atoms with van der Waals surface area (Å²) in [5.74, 6) is -0.305. The van der Waals surface area contributed by atoms with Crippen LogP contribution in [0.15, 0.2) is 41.3 Å². The van der Waals surface area contributed by atoms with E-state index >= 15 is 0 Å². The van der Waals surface area contributed by atoms with Crippen molar-refractivity contribution < 1.29 is 13.2 Å². The van der Waals surface area contributed by atoms with Crippen LogP contribution in [0.25, 0.3) is 0 Å². The largest absolute Gasteiger partial charge is 0.347 e. The first kappa shape index (κ1) is 20.0. The smallest absolute Gasteiger partial charge is 0.262 e. The quantitative estimate of drug-likeness (QED) is 0.851. The summed E-state index contributed by atoms with van der Waals surface area (Å²) in [5.41, 5.74) is 2.82. The van der Waals surface area contributed by atoms with Crippen LogP contribution in [-0.2, 0) is 10.0 Å². The number of anilines is 1. The van der Waals surface area contributed by atoms with Crippen molar-refractivity contribution in [1.29, 1.82) is 0 Å². The highest BCUT2D eigenvalue weighted by Crippen LogP contribution is 2.24. The van der Waals surface area contributed by atoms with E-state index in [1.165, 1.54) is 6.07 Å². The van der Waals surface area contributed by atoms with Crippen LogP contribution in [0.5, 0.6) is 0 Å². The average Bonchev–Trinajstić information content (AvgIpc) is 2.49. The Morgan fingerprint density at radius 1 is 0.923 bits per heavy atom. The summed E-state index contributed by atoms with van der Waals surface area (Å²) in [6, 6.07) is 10.3. The van der Waals surface area contributed by atoms with Gasteiger partial charge in [0.05, 0.1) is 10.6 Å². The lowest BCUT2D eigenvalue weighted by Gasteiger charge is -2.21. The molecule has 0 atom stereocenters. The van der Waals surface area contributed by atoms with Gasteiger partial charge in [-0.25, -0.2) is 8.42 Å². The summed E-state index contributed by atoms with van der Waals surface area (Å²) in [6.07, 6.45) is 0. The number of benzene rings is 2. The van der Waals surface area contributed by atoms with Gasteiger partial charge in [-0.05, 0) is 76.4 Å². The highest BCUT2D eigenvalue weighted by Gasteiger charge is 2.21. The fourth-order valence-corrected chi connectivity index (χ4v) is 3.88. The number of hydrogen-bond donors (Lipinski definition) is 2. The van der Waals surface area contributed by atoms with Crippen LogP contribution in [0.2, 0.25) is 0 Å². The molecule has 0 aliphatic carbocycles. The first-order chi connectivity index (χ1) is 11.9. The summed E-state index contributed by atoms with van der Waals surface area (Å²) >= 11 is 0. The van der Waals surface area contributed by atoms with Gasteiger partial charge in [0.25, 0.3) is 15.9 Å². The number of rotatable bonds is 4. The fraction of sp³-hybridized carbons (Fsp3) is 0.350. The minimum Gasteiger partial charge on any atom is -0.347 e. The molecule has 0 spiro atoms. The molecule has 0 saturated heterocycles. The van der Waals surface area contributed by atoms with Gasteiger partial charge < -0.3 is 5.32 Å².